The van der Waals surface area contributed by atoms with Crippen molar-refractivity contribution in [3.63, 3.8) is 0 Å². The molecule has 2 aromatic carbocycles. The van der Waals surface area contributed by atoms with Crippen molar-refractivity contribution in [1.82, 2.24) is 0 Å². The van der Waals surface area contributed by atoms with Gasteiger partial charge in [-0.2, -0.15) is 0 Å². The number of benzene rings is 2. The van der Waals surface area contributed by atoms with Crippen molar-refractivity contribution in [1.29, 1.82) is 0 Å². The Hall–Kier alpha value is -1.35. The minimum absolute atomic E-state index is 0.216. The molecule has 0 aliphatic heterocycles. The molecule has 0 aliphatic rings. The first-order valence-corrected chi connectivity index (χ1v) is 7.14. The standard InChI is InChI=1S/C16H17BrFN/c1-3-12-7-9-14(10-8-12)19(2)11-13-5-4-6-15(18)16(13)17/h4-10H,3,11H2,1-2H3. The predicted molar refractivity (Wildman–Crippen MR) is 82.0 cm³/mol. The van der Waals surface area contributed by atoms with Gasteiger partial charge in [-0.3, -0.25) is 0 Å². The van der Waals surface area contributed by atoms with Gasteiger partial charge in [0.25, 0.3) is 0 Å². The van der Waals surface area contributed by atoms with Gasteiger partial charge in [0.15, 0.2) is 0 Å². The van der Waals surface area contributed by atoms with Crippen molar-refractivity contribution in [2.75, 3.05) is 11.9 Å². The van der Waals surface area contributed by atoms with Gasteiger partial charge in [0.1, 0.15) is 5.82 Å². The molecule has 100 valence electrons. The molecule has 0 N–H and O–H groups in total. The molecule has 0 saturated carbocycles. The van der Waals surface area contributed by atoms with Crippen LogP contribution >= 0.6 is 15.9 Å². The Morgan fingerprint density at radius 1 is 1.11 bits per heavy atom. The summed E-state index contributed by atoms with van der Waals surface area (Å²) in [4.78, 5) is 2.11. The summed E-state index contributed by atoms with van der Waals surface area (Å²) in [6.07, 6.45) is 1.04. The van der Waals surface area contributed by atoms with Gasteiger partial charge in [-0.1, -0.05) is 31.2 Å². The van der Waals surface area contributed by atoms with E-state index in [0.717, 1.165) is 17.7 Å². The normalized spacial score (nSPS) is 10.5. The molecular formula is C16H17BrFN. The summed E-state index contributed by atoms with van der Waals surface area (Å²) in [7, 11) is 2.01. The van der Waals surface area contributed by atoms with Crippen molar-refractivity contribution in [2.45, 2.75) is 19.9 Å². The van der Waals surface area contributed by atoms with E-state index in [2.05, 4.69) is 52.0 Å². The van der Waals surface area contributed by atoms with Gasteiger partial charge in [-0.15, -0.1) is 0 Å². The fourth-order valence-corrected chi connectivity index (χ4v) is 2.39. The second kappa shape index (κ2) is 6.20. The summed E-state index contributed by atoms with van der Waals surface area (Å²) in [5, 5.41) is 0. The first kappa shape index (κ1) is 14.1. The number of aryl methyl sites for hydroxylation is 1. The molecule has 0 amide bonds. The van der Waals surface area contributed by atoms with E-state index in [0.29, 0.717) is 11.0 Å². The van der Waals surface area contributed by atoms with E-state index >= 15 is 0 Å². The fraction of sp³-hybridized carbons (Fsp3) is 0.250. The van der Waals surface area contributed by atoms with E-state index in [-0.39, 0.29) is 5.82 Å². The van der Waals surface area contributed by atoms with E-state index in [1.165, 1.54) is 11.6 Å². The molecule has 0 saturated heterocycles. The van der Waals surface area contributed by atoms with Crippen molar-refractivity contribution in [2.24, 2.45) is 0 Å². The van der Waals surface area contributed by atoms with Gasteiger partial charge >= 0.3 is 0 Å². The van der Waals surface area contributed by atoms with E-state index in [9.17, 15) is 4.39 Å². The van der Waals surface area contributed by atoms with Crippen LogP contribution in [0.25, 0.3) is 0 Å². The Labute approximate surface area is 122 Å². The lowest BCUT2D eigenvalue weighted by Gasteiger charge is -2.20. The molecule has 0 aromatic heterocycles. The molecule has 19 heavy (non-hydrogen) atoms. The largest absolute Gasteiger partial charge is 0.370 e. The highest BCUT2D eigenvalue weighted by molar-refractivity contribution is 9.10. The van der Waals surface area contributed by atoms with Gasteiger partial charge in [-0.05, 0) is 51.7 Å². The fourth-order valence-electron chi connectivity index (χ4n) is 2.00. The number of rotatable bonds is 4. The lowest BCUT2D eigenvalue weighted by Crippen LogP contribution is -2.16. The monoisotopic (exact) mass is 321 g/mol. The summed E-state index contributed by atoms with van der Waals surface area (Å²) < 4.78 is 14.0. The molecule has 0 spiro atoms. The molecule has 2 aromatic rings. The maximum atomic E-state index is 13.5. The third-order valence-corrected chi connectivity index (χ3v) is 4.11. The van der Waals surface area contributed by atoms with Crippen LogP contribution in [0.3, 0.4) is 0 Å². The van der Waals surface area contributed by atoms with E-state index < -0.39 is 0 Å². The Morgan fingerprint density at radius 3 is 2.42 bits per heavy atom. The van der Waals surface area contributed by atoms with Crippen molar-refractivity contribution in [3.8, 4) is 0 Å². The Balaban J connectivity index is 2.15. The van der Waals surface area contributed by atoms with Crippen molar-refractivity contribution < 1.29 is 4.39 Å². The molecule has 0 aliphatic carbocycles. The lowest BCUT2D eigenvalue weighted by atomic mass is 10.1. The molecule has 0 heterocycles. The van der Waals surface area contributed by atoms with Crippen LogP contribution in [0.5, 0.6) is 0 Å². The minimum Gasteiger partial charge on any atom is -0.370 e. The lowest BCUT2D eigenvalue weighted by molar-refractivity contribution is 0.617. The highest BCUT2D eigenvalue weighted by Crippen LogP contribution is 2.23. The SMILES string of the molecule is CCc1ccc(N(C)Cc2cccc(F)c2Br)cc1. The van der Waals surface area contributed by atoms with Crippen LogP contribution in [0.2, 0.25) is 0 Å². The van der Waals surface area contributed by atoms with Gasteiger partial charge in [0.05, 0.1) is 4.47 Å². The van der Waals surface area contributed by atoms with Crippen LogP contribution in [0.1, 0.15) is 18.1 Å². The van der Waals surface area contributed by atoms with E-state index in [1.807, 2.05) is 13.1 Å². The molecule has 0 atom stereocenters. The topological polar surface area (TPSA) is 3.24 Å². The number of anilines is 1. The Kier molecular flexibility index (Phi) is 4.59. The van der Waals surface area contributed by atoms with Crippen LogP contribution in [0.15, 0.2) is 46.9 Å². The predicted octanol–water partition coefficient (Wildman–Crippen LogP) is 4.79. The van der Waals surface area contributed by atoms with Gasteiger partial charge in [0.2, 0.25) is 0 Å². The molecule has 3 heteroatoms. The number of halogens is 2. The first-order valence-electron chi connectivity index (χ1n) is 6.34. The quantitative estimate of drug-likeness (QED) is 0.782. The van der Waals surface area contributed by atoms with Crippen LogP contribution in [-0.4, -0.2) is 7.05 Å². The molecular weight excluding hydrogens is 305 g/mol. The zero-order valence-electron chi connectivity index (χ0n) is 11.2. The molecule has 2 rings (SSSR count). The first-order chi connectivity index (χ1) is 9.11. The third-order valence-electron chi connectivity index (χ3n) is 3.22. The molecule has 1 nitrogen and oxygen atoms in total. The smallest absolute Gasteiger partial charge is 0.137 e. The average molecular weight is 322 g/mol. The molecule has 0 fully saturated rings. The van der Waals surface area contributed by atoms with Gasteiger partial charge in [0, 0.05) is 19.3 Å². The molecule has 0 unspecified atom stereocenters. The third kappa shape index (κ3) is 3.35. The summed E-state index contributed by atoms with van der Waals surface area (Å²) >= 11 is 3.30. The maximum absolute atomic E-state index is 13.5. The second-order valence-electron chi connectivity index (χ2n) is 4.59. The van der Waals surface area contributed by atoms with Gasteiger partial charge in [-0.25, -0.2) is 4.39 Å². The van der Waals surface area contributed by atoms with Crippen molar-refractivity contribution in [3.05, 3.63) is 63.9 Å². The highest BCUT2D eigenvalue weighted by atomic mass is 79.9. The molecule has 0 radical (unpaired) electrons. The second-order valence-corrected chi connectivity index (χ2v) is 5.38. The summed E-state index contributed by atoms with van der Waals surface area (Å²) in [5.74, 6) is -0.216. The number of hydrogen-bond acceptors (Lipinski definition) is 1. The Morgan fingerprint density at radius 2 is 1.79 bits per heavy atom. The number of nitrogens with zero attached hydrogens (tertiary/aromatic N) is 1. The van der Waals surface area contributed by atoms with Crippen LogP contribution < -0.4 is 4.90 Å². The number of hydrogen-bond donors (Lipinski definition) is 0. The zero-order chi connectivity index (χ0) is 13.8. The summed E-state index contributed by atoms with van der Waals surface area (Å²) in [6, 6.07) is 13.6. The molecule has 0 bridgehead atoms. The highest BCUT2D eigenvalue weighted by Gasteiger charge is 2.08. The van der Waals surface area contributed by atoms with Gasteiger partial charge < -0.3 is 4.90 Å². The maximum Gasteiger partial charge on any atom is 0.137 e. The van der Waals surface area contributed by atoms with Crippen molar-refractivity contribution >= 4 is 21.6 Å². The summed E-state index contributed by atoms with van der Waals surface area (Å²) in [5.41, 5.74) is 3.40. The summed E-state index contributed by atoms with van der Waals surface area (Å²) in [6.45, 7) is 2.81. The van der Waals surface area contributed by atoms with Crippen LogP contribution in [0, 0.1) is 5.82 Å². The average Bonchev–Trinajstić information content (AvgIpc) is 2.44. The zero-order valence-corrected chi connectivity index (χ0v) is 12.7. The van der Waals surface area contributed by atoms with Crippen LogP contribution in [-0.2, 0) is 13.0 Å². The Bertz CT molecular complexity index is 551. The van der Waals surface area contributed by atoms with Crippen LogP contribution in [0.4, 0.5) is 10.1 Å². The van der Waals surface area contributed by atoms with E-state index in [4.69, 9.17) is 0 Å². The van der Waals surface area contributed by atoms with E-state index in [1.54, 1.807) is 6.07 Å². The minimum atomic E-state index is -0.216.